The van der Waals surface area contributed by atoms with Crippen LogP contribution in [0.1, 0.15) is 5.56 Å². The fraction of sp³-hybridized carbons (Fsp3) is 0.222. The topological polar surface area (TPSA) is 49.3 Å². The van der Waals surface area contributed by atoms with Crippen LogP contribution in [0, 0.1) is 5.82 Å². The van der Waals surface area contributed by atoms with E-state index in [1.807, 2.05) is 0 Å². The molecule has 0 aliphatic carbocycles. The molecular formula is C9H7ClFNO2. The summed E-state index contributed by atoms with van der Waals surface area (Å²) in [7, 11) is 0. The fourth-order valence-electron chi connectivity index (χ4n) is 1.52. The molecule has 14 heavy (non-hydrogen) atoms. The van der Waals surface area contributed by atoms with Crippen molar-refractivity contribution in [1.29, 1.82) is 0 Å². The number of carbonyl (C=O) groups is 1. The van der Waals surface area contributed by atoms with E-state index in [-0.39, 0.29) is 11.4 Å². The number of rotatable bonds is 1. The number of anilines is 1. The summed E-state index contributed by atoms with van der Waals surface area (Å²) in [4.78, 5) is 10.7. The number of carboxylic acid groups (broad SMARTS) is 1. The van der Waals surface area contributed by atoms with Gasteiger partial charge in [0.05, 0.1) is 5.02 Å². The molecule has 0 bridgehead atoms. The Morgan fingerprint density at radius 1 is 1.64 bits per heavy atom. The van der Waals surface area contributed by atoms with Crippen LogP contribution in [-0.4, -0.2) is 17.1 Å². The van der Waals surface area contributed by atoms with Crippen LogP contribution in [-0.2, 0) is 11.2 Å². The van der Waals surface area contributed by atoms with E-state index in [9.17, 15) is 9.18 Å². The summed E-state index contributed by atoms with van der Waals surface area (Å²) < 4.78 is 13.0. The lowest BCUT2D eigenvalue weighted by atomic mass is 10.1. The van der Waals surface area contributed by atoms with Gasteiger partial charge in [0.1, 0.15) is 11.9 Å². The number of aliphatic carboxylic acids is 1. The predicted octanol–water partition coefficient (Wildman–Crippen LogP) is 1.90. The Hall–Kier alpha value is -1.29. The van der Waals surface area contributed by atoms with Crippen LogP contribution in [0.3, 0.4) is 0 Å². The standard InChI is InChI=1S/C9H7ClFNO2/c10-8-4-3-7(9(13)14)12-6(4)2-1-5(8)11/h1-2,7,12H,3H2,(H,13,14)/t7-/m0/s1. The average molecular weight is 216 g/mol. The zero-order valence-electron chi connectivity index (χ0n) is 7.05. The highest BCUT2D eigenvalue weighted by Gasteiger charge is 2.28. The lowest BCUT2D eigenvalue weighted by Crippen LogP contribution is -2.26. The molecule has 74 valence electrons. The van der Waals surface area contributed by atoms with Crippen molar-refractivity contribution in [3.8, 4) is 0 Å². The maximum atomic E-state index is 13.0. The van der Waals surface area contributed by atoms with Crippen LogP contribution < -0.4 is 5.32 Å². The zero-order valence-corrected chi connectivity index (χ0v) is 7.81. The Balaban J connectivity index is 2.40. The second kappa shape index (κ2) is 3.13. The summed E-state index contributed by atoms with van der Waals surface area (Å²) in [6, 6.07) is 2.02. The highest BCUT2D eigenvalue weighted by molar-refractivity contribution is 6.32. The maximum Gasteiger partial charge on any atom is 0.326 e. The maximum absolute atomic E-state index is 13.0. The van der Waals surface area contributed by atoms with E-state index in [1.165, 1.54) is 12.1 Å². The van der Waals surface area contributed by atoms with Crippen LogP contribution in [0.15, 0.2) is 12.1 Å². The van der Waals surface area contributed by atoms with Crippen molar-refractivity contribution in [3.63, 3.8) is 0 Å². The van der Waals surface area contributed by atoms with E-state index in [4.69, 9.17) is 16.7 Å². The van der Waals surface area contributed by atoms with Crippen molar-refractivity contribution in [2.75, 3.05) is 5.32 Å². The van der Waals surface area contributed by atoms with Gasteiger partial charge in [0.15, 0.2) is 0 Å². The van der Waals surface area contributed by atoms with Gasteiger partial charge in [-0.2, -0.15) is 0 Å². The van der Waals surface area contributed by atoms with Crippen molar-refractivity contribution < 1.29 is 14.3 Å². The number of fused-ring (bicyclic) bond motifs is 1. The second-order valence-corrected chi connectivity index (χ2v) is 3.50. The third-order valence-electron chi connectivity index (χ3n) is 2.23. The van der Waals surface area contributed by atoms with Crippen LogP contribution in [0.5, 0.6) is 0 Å². The molecule has 1 atom stereocenters. The van der Waals surface area contributed by atoms with Gasteiger partial charge in [0, 0.05) is 12.1 Å². The van der Waals surface area contributed by atoms with Crippen LogP contribution >= 0.6 is 11.6 Å². The number of benzene rings is 1. The summed E-state index contributed by atoms with van der Waals surface area (Å²) in [6.45, 7) is 0. The van der Waals surface area contributed by atoms with Crippen molar-refractivity contribution >= 4 is 23.3 Å². The van der Waals surface area contributed by atoms with E-state index in [1.54, 1.807) is 0 Å². The van der Waals surface area contributed by atoms with Crippen LogP contribution in [0.2, 0.25) is 5.02 Å². The molecular weight excluding hydrogens is 209 g/mol. The number of hydrogen-bond acceptors (Lipinski definition) is 2. The van der Waals surface area contributed by atoms with E-state index in [2.05, 4.69) is 5.32 Å². The number of carboxylic acids is 1. The minimum atomic E-state index is -0.960. The van der Waals surface area contributed by atoms with Gasteiger partial charge in [-0.15, -0.1) is 0 Å². The van der Waals surface area contributed by atoms with Gasteiger partial charge in [0.25, 0.3) is 0 Å². The smallest absolute Gasteiger partial charge is 0.326 e. The highest BCUT2D eigenvalue weighted by atomic mass is 35.5. The quantitative estimate of drug-likeness (QED) is 0.752. The normalized spacial score (nSPS) is 18.9. The molecule has 1 heterocycles. The van der Waals surface area contributed by atoms with Crippen molar-refractivity contribution in [3.05, 3.63) is 28.5 Å². The molecule has 0 aromatic heterocycles. The average Bonchev–Trinajstić information content (AvgIpc) is 2.56. The number of halogens is 2. The Kier molecular flexibility index (Phi) is 2.07. The van der Waals surface area contributed by atoms with Gasteiger partial charge in [-0.1, -0.05) is 11.6 Å². The minimum Gasteiger partial charge on any atom is -0.480 e. The van der Waals surface area contributed by atoms with Crippen LogP contribution in [0.4, 0.5) is 10.1 Å². The van der Waals surface area contributed by atoms with Crippen molar-refractivity contribution in [2.45, 2.75) is 12.5 Å². The van der Waals surface area contributed by atoms with Crippen LogP contribution in [0.25, 0.3) is 0 Å². The summed E-state index contributed by atoms with van der Waals surface area (Å²) in [6.07, 6.45) is 0.223. The van der Waals surface area contributed by atoms with Crippen molar-refractivity contribution in [1.82, 2.24) is 0 Å². The fourth-order valence-corrected chi connectivity index (χ4v) is 1.76. The molecule has 1 aliphatic rings. The molecule has 1 aromatic carbocycles. The first-order chi connectivity index (χ1) is 6.59. The molecule has 3 nitrogen and oxygen atoms in total. The first-order valence-corrected chi connectivity index (χ1v) is 4.43. The third kappa shape index (κ3) is 1.32. The molecule has 0 amide bonds. The van der Waals surface area contributed by atoms with E-state index < -0.39 is 17.8 Å². The summed E-state index contributed by atoms with van der Waals surface area (Å²) in [5.41, 5.74) is 1.14. The van der Waals surface area contributed by atoms with Crippen molar-refractivity contribution in [2.24, 2.45) is 0 Å². The highest BCUT2D eigenvalue weighted by Crippen LogP contribution is 2.33. The summed E-state index contributed by atoms with van der Waals surface area (Å²) in [5.74, 6) is -1.48. The SMILES string of the molecule is O=C(O)[C@@H]1Cc2c(ccc(F)c2Cl)N1. The molecule has 1 aliphatic heterocycles. The molecule has 1 aromatic rings. The molecule has 0 saturated heterocycles. The third-order valence-corrected chi connectivity index (χ3v) is 2.64. The van der Waals surface area contributed by atoms with Gasteiger partial charge < -0.3 is 10.4 Å². The molecule has 0 radical (unpaired) electrons. The van der Waals surface area contributed by atoms with Gasteiger partial charge in [-0.05, 0) is 17.7 Å². The lowest BCUT2D eigenvalue weighted by molar-refractivity contribution is -0.137. The van der Waals surface area contributed by atoms with E-state index >= 15 is 0 Å². The summed E-state index contributed by atoms with van der Waals surface area (Å²) >= 11 is 5.70. The monoisotopic (exact) mass is 215 g/mol. The Morgan fingerprint density at radius 2 is 2.36 bits per heavy atom. The largest absolute Gasteiger partial charge is 0.480 e. The Labute approximate surface area is 84.5 Å². The summed E-state index contributed by atoms with van der Waals surface area (Å²) in [5, 5.41) is 11.5. The Bertz CT molecular complexity index is 408. The molecule has 5 heteroatoms. The first-order valence-electron chi connectivity index (χ1n) is 4.06. The predicted molar refractivity (Wildman–Crippen MR) is 50.2 cm³/mol. The molecule has 0 unspecified atom stereocenters. The molecule has 2 N–H and O–H groups in total. The molecule has 0 spiro atoms. The number of nitrogens with one attached hydrogen (secondary N) is 1. The van der Waals surface area contributed by atoms with Gasteiger partial charge in [-0.25, -0.2) is 9.18 Å². The first kappa shape index (κ1) is 9.27. The second-order valence-electron chi connectivity index (χ2n) is 3.13. The van der Waals surface area contributed by atoms with Gasteiger partial charge >= 0.3 is 5.97 Å². The van der Waals surface area contributed by atoms with Gasteiger partial charge in [-0.3, -0.25) is 0 Å². The minimum absolute atomic E-state index is 0.0127. The van der Waals surface area contributed by atoms with E-state index in [0.29, 0.717) is 11.3 Å². The molecule has 2 rings (SSSR count). The Morgan fingerprint density at radius 3 is 3.00 bits per heavy atom. The number of hydrogen-bond donors (Lipinski definition) is 2. The van der Waals surface area contributed by atoms with E-state index in [0.717, 1.165) is 0 Å². The zero-order chi connectivity index (χ0) is 10.3. The lowest BCUT2D eigenvalue weighted by Gasteiger charge is -2.03. The molecule has 0 saturated carbocycles. The molecule has 0 fully saturated rings. The van der Waals surface area contributed by atoms with Gasteiger partial charge in [0.2, 0.25) is 0 Å².